The summed E-state index contributed by atoms with van der Waals surface area (Å²) in [4.78, 5) is 7.68. The second-order valence-electron chi connectivity index (χ2n) is 5.98. The summed E-state index contributed by atoms with van der Waals surface area (Å²) < 4.78 is 10.5. The van der Waals surface area contributed by atoms with Crippen LogP contribution >= 0.6 is 0 Å². The zero-order valence-corrected chi connectivity index (χ0v) is 15.1. The van der Waals surface area contributed by atoms with E-state index in [-0.39, 0.29) is 0 Å². The van der Waals surface area contributed by atoms with Crippen LogP contribution in [0.2, 0.25) is 0 Å². The highest BCUT2D eigenvalue weighted by Gasteiger charge is 2.09. The minimum atomic E-state index is 0.300. The van der Waals surface area contributed by atoms with Gasteiger partial charge in [0.25, 0.3) is 5.95 Å². The fourth-order valence-electron chi connectivity index (χ4n) is 2.82. The topological polar surface area (TPSA) is 97.3 Å². The van der Waals surface area contributed by atoms with Crippen LogP contribution in [0, 0.1) is 6.92 Å². The summed E-state index contributed by atoms with van der Waals surface area (Å²) in [6, 6.07) is 11.6. The normalized spacial score (nSPS) is 11.4. The first-order valence-corrected chi connectivity index (χ1v) is 8.32. The second kappa shape index (κ2) is 6.91. The third-order valence-electron chi connectivity index (χ3n) is 4.18. The predicted molar refractivity (Wildman–Crippen MR) is 105 cm³/mol. The molecular formula is C19H18N6O2. The number of ether oxygens (including phenoxy) is 2. The average molecular weight is 362 g/mol. The standard InChI is InChI=1S/C19H18N6O2/c1-11-4-7-15-14(8-11)17-18(21-15)22-19(25-23-17)24-20-10-12-5-6-13(26-2)9-16(12)27-3/h4-10H,1-3H3,(H2,21,22,24,25)/b20-10+. The molecule has 0 radical (unpaired) electrons. The molecule has 0 aliphatic carbocycles. The molecule has 0 spiro atoms. The van der Waals surface area contributed by atoms with Crippen LogP contribution in [0.3, 0.4) is 0 Å². The van der Waals surface area contributed by atoms with Crippen molar-refractivity contribution in [1.29, 1.82) is 0 Å². The molecule has 0 saturated carbocycles. The van der Waals surface area contributed by atoms with Crippen molar-refractivity contribution in [1.82, 2.24) is 20.2 Å². The fraction of sp³-hybridized carbons (Fsp3) is 0.158. The van der Waals surface area contributed by atoms with Crippen molar-refractivity contribution in [2.75, 3.05) is 19.6 Å². The maximum Gasteiger partial charge on any atom is 0.265 e. The molecule has 2 aromatic heterocycles. The molecule has 0 amide bonds. The van der Waals surface area contributed by atoms with Crippen molar-refractivity contribution in [2.45, 2.75) is 6.92 Å². The Morgan fingerprint density at radius 2 is 1.96 bits per heavy atom. The molecule has 0 aliphatic rings. The molecule has 0 saturated heterocycles. The SMILES string of the molecule is COc1ccc(/C=N/Nc2nnc3c(n2)[nH]c2ccc(C)cc23)c(OC)c1. The van der Waals surface area contributed by atoms with E-state index >= 15 is 0 Å². The number of nitrogens with zero attached hydrogens (tertiary/aromatic N) is 4. The van der Waals surface area contributed by atoms with Gasteiger partial charge in [-0.05, 0) is 31.2 Å². The second-order valence-corrected chi connectivity index (χ2v) is 5.98. The summed E-state index contributed by atoms with van der Waals surface area (Å²) in [6.07, 6.45) is 1.63. The van der Waals surface area contributed by atoms with Crippen molar-refractivity contribution < 1.29 is 9.47 Å². The van der Waals surface area contributed by atoms with Gasteiger partial charge in [0.15, 0.2) is 5.65 Å². The molecule has 2 N–H and O–H groups in total. The van der Waals surface area contributed by atoms with E-state index in [0.29, 0.717) is 23.1 Å². The molecule has 0 fully saturated rings. The number of methoxy groups -OCH3 is 2. The van der Waals surface area contributed by atoms with Gasteiger partial charge in [-0.25, -0.2) is 5.43 Å². The van der Waals surface area contributed by atoms with Crippen LogP contribution in [-0.4, -0.2) is 40.6 Å². The molecule has 136 valence electrons. The van der Waals surface area contributed by atoms with Gasteiger partial charge in [0.1, 0.15) is 17.0 Å². The number of hydrogen-bond acceptors (Lipinski definition) is 7. The Morgan fingerprint density at radius 1 is 1.07 bits per heavy atom. The Labute approximate surface area is 155 Å². The molecule has 0 bridgehead atoms. The summed E-state index contributed by atoms with van der Waals surface area (Å²) in [5, 5.41) is 13.6. The number of fused-ring (bicyclic) bond motifs is 3. The summed E-state index contributed by atoms with van der Waals surface area (Å²) >= 11 is 0. The molecule has 0 unspecified atom stereocenters. The molecule has 27 heavy (non-hydrogen) atoms. The first-order valence-electron chi connectivity index (χ1n) is 8.32. The molecule has 2 aromatic carbocycles. The van der Waals surface area contributed by atoms with E-state index in [1.165, 1.54) is 0 Å². The highest BCUT2D eigenvalue weighted by atomic mass is 16.5. The number of hydrazone groups is 1. The van der Waals surface area contributed by atoms with Gasteiger partial charge in [-0.2, -0.15) is 10.1 Å². The minimum absolute atomic E-state index is 0.300. The van der Waals surface area contributed by atoms with E-state index in [1.807, 2.05) is 31.2 Å². The van der Waals surface area contributed by atoms with Gasteiger partial charge in [0.05, 0.1) is 20.4 Å². The average Bonchev–Trinajstić information content (AvgIpc) is 3.05. The molecule has 2 heterocycles. The smallest absolute Gasteiger partial charge is 0.265 e. The van der Waals surface area contributed by atoms with Crippen LogP contribution in [0.4, 0.5) is 5.95 Å². The Bertz CT molecular complexity index is 1150. The molecule has 0 aliphatic heterocycles. The van der Waals surface area contributed by atoms with Gasteiger partial charge in [-0.1, -0.05) is 11.6 Å². The van der Waals surface area contributed by atoms with Crippen LogP contribution in [0.25, 0.3) is 22.1 Å². The van der Waals surface area contributed by atoms with Crippen molar-refractivity contribution >= 4 is 34.2 Å². The summed E-state index contributed by atoms with van der Waals surface area (Å²) in [7, 11) is 3.20. The first kappa shape index (κ1) is 16.8. The highest BCUT2D eigenvalue weighted by molar-refractivity contribution is 6.03. The fourth-order valence-corrected chi connectivity index (χ4v) is 2.82. The maximum absolute atomic E-state index is 5.34. The molecular weight excluding hydrogens is 344 g/mol. The third kappa shape index (κ3) is 3.24. The van der Waals surface area contributed by atoms with Crippen LogP contribution in [-0.2, 0) is 0 Å². The van der Waals surface area contributed by atoms with Crippen LogP contribution < -0.4 is 14.9 Å². The zero-order valence-electron chi connectivity index (χ0n) is 15.1. The number of aryl methyl sites for hydroxylation is 1. The molecule has 4 aromatic rings. The molecule has 4 rings (SSSR count). The summed E-state index contributed by atoms with van der Waals surface area (Å²) in [5.41, 5.74) is 7.12. The van der Waals surface area contributed by atoms with Gasteiger partial charge < -0.3 is 14.5 Å². The van der Waals surface area contributed by atoms with E-state index in [1.54, 1.807) is 26.5 Å². The number of aromatic amines is 1. The molecule has 0 atom stereocenters. The van der Waals surface area contributed by atoms with E-state index in [2.05, 4.69) is 36.8 Å². The van der Waals surface area contributed by atoms with Gasteiger partial charge in [-0.15, -0.1) is 10.2 Å². The highest BCUT2D eigenvalue weighted by Crippen LogP contribution is 2.24. The van der Waals surface area contributed by atoms with Crippen molar-refractivity contribution in [3.05, 3.63) is 47.5 Å². The van der Waals surface area contributed by atoms with E-state index in [0.717, 1.165) is 27.5 Å². The van der Waals surface area contributed by atoms with Crippen molar-refractivity contribution in [2.24, 2.45) is 5.10 Å². The Balaban J connectivity index is 1.58. The number of H-pyrrole nitrogens is 1. The lowest BCUT2D eigenvalue weighted by Crippen LogP contribution is -1.99. The number of aromatic nitrogens is 4. The van der Waals surface area contributed by atoms with Crippen LogP contribution in [0.1, 0.15) is 11.1 Å². The van der Waals surface area contributed by atoms with E-state index < -0.39 is 0 Å². The number of anilines is 1. The van der Waals surface area contributed by atoms with Crippen molar-refractivity contribution in [3.8, 4) is 11.5 Å². The third-order valence-corrected chi connectivity index (χ3v) is 4.18. The van der Waals surface area contributed by atoms with E-state index in [4.69, 9.17) is 9.47 Å². The lowest BCUT2D eigenvalue weighted by molar-refractivity contribution is 0.394. The van der Waals surface area contributed by atoms with Gasteiger partial charge in [0, 0.05) is 22.5 Å². The van der Waals surface area contributed by atoms with Gasteiger partial charge in [0.2, 0.25) is 0 Å². The van der Waals surface area contributed by atoms with Crippen molar-refractivity contribution in [3.63, 3.8) is 0 Å². The quantitative estimate of drug-likeness (QED) is 0.418. The number of nitrogens with one attached hydrogen (secondary N) is 2. The van der Waals surface area contributed by atoms with E-state index in [9.17, 15) is 0 Å². The van der Waals surface area contributed by atoms with Crippen LogP contribution in [0.15, 0.2) is 41.5 Å². The maximum atomic E-state index is 5.34. The van der Waals surface area contributed by atoms with Gasteiger partial charge >= 0.3 is 0 Å². The Kier molecular flexibility index (Phi) is 4.29. The number of hydrogen-bond donors (Lipinski definition) is 2. The van der Waals surface area contributed by atoms with Crippen LogP contribution in [0.5, 0.6) is 11.5 Å². The lowest BCUT2D eigenvalue weighted by atomic mass is 10.2. The van der Waals surface area contributed by atoms with Gasteiger partial charge in [-0.3, -0.25) is 0 Å². The lowest BCUT2D eigenvalue weighted by Gasteiger charge is -2.06. The summed E-state index contributed by atoms with van der Waals surface area (Å²) in [6.45, 7) is 2.04. The zero-order chi connectivity index (χ0) is 18.8. The minimum Gasteiger partial charge on any atom is -0.497 e. The molecule has 8 nitrogen and oxygen atoms in total. The number of benzene rings is 2. The predicted octanol–water partition coefficient (Wildman–Crippen LogP) is 3.28. The summed E-state index contributed by atoms with van der Waals surface area (Å²) in [5.74, 6) is 1.67. The monoisotopic (exact) mass is 362 g/mol. The number of rotatable bonds is 5. The Morgan fingerprint density at radius 3 is 2.78 bits per heavy atom. The molecule has 8 heteroatoms. The first-order chi connectivity index (χ1) is 13.2. The Hall–Kier alpha value is -3.68. The largest absolute Gasteiger partial charge is 0.497 e.